The lowest BCUT2D eigenvalue weighted by atomic mass is 9.89. The lowest BCUT2D eigenvalue weighted by Gasteiger charge is -2.32. The lowest BCUT2D eigenvalue weighted by molar-refractivity contribution is -0.136. The number of carboxylic acids is 1. The highest BCUT2D eigenvalue weighted by Crippen LogP contribution is 2.14. The second-order valence-electron chi connectivity index (χ2n) is 4.25. The zero-order valence-corrected chi connectivity index (χ0v) is 9.91. The number of aliphatic carboxylic acids is 1. The monoisotopic (exact) mass is 232 g/mol. The molecule has 0 aromatic heterocycles. The van der Waals surface area contributed by atoms with Gasteiger partial charge < -0.3 is 20.8 Å². The molecule has 2 amide bonds. The summed E-state index contributed by atoms with van der Waals surface area (Å²) in [6.07, 6.45) is -0.120. The van der Waals surface area contributed by atoms with Gasteiger partial charge in [-0.1, -0.05) is 13.8 Å². The van der Waals surface area contributed by atoms with Gasteiger partial charge in [-0.05, 0) is 12.8 Å². The zero-order valence-electron chi connectivity index (χ0n) is 9.91. The minimum Gasteiger partial charge on any atom is -0.481 e. The van der Waals surface area contributed by atoms with Crippen LogP contribution in [-0.4, -0.2) is 40.9 Å². The topological polar surface area (TPSA) is 98.7 Å². The molecule has 1 unspecified atom stereocenters. The molecule has 0 aliphatic heterocycles. The fraction of sp³-hybridized carbons (Fsp3) is 0.800. The van der Waals surface area contributed by atoms with Crippen molar-refractivity contribution in [3.63, 3.8) is 0 Å². The van der Waals surface area contributed by atoms with Gasteiger partial charge in [0.1, 0.15) is 0 Å². The molecule has 4 N–H and O–H groups in total. The number of carbonyl (C=O) groups is 2. The molecule has 0 spiro atoms. The van der Waals surface area contributed by atoms with Crippen molar-refractivity contribution in [1.82, 2.24) is 10.6 Å². The molecule has 94 valence electrons. The van der Waals surface area contributed by atoms with E-state index in [2.05, 4.69) is 10.6 Å². The first-order valence-electron chi connectivity index (χ1n) is 5.20. The normalized spacial score (nSPS) is 14.3. The van der Waals surface area contributed by atoms with Crippen LogP contribution >= 0.6 is 0 Å². The van der Waals surface area contributed by atoms with E-state index in [1.54, 1.807) is 6.92 Å². The fourth-order valence-electron chi connectivity index (χ4n) is 0.953. The molecule has 6 heteroatoms. The number of rotatable bonds is 6. The average molecular weight is 232 g/mol. The quantitative estimate of drug-likeness (QED) is 0.524. The summed E-state index contributed by atoms with van der Waals surface area (Å²) in [7, 11) is 0. The Bertz CT molecular complexity index is 255. The Hall–Kier alpha value is -1.30. The van der Waals surface area contributed by atoms with Gasteiger partial charge in [0.25, 0.3) is 0 Å². The minimum atomic E-state index is -0.964. The number of aliphatic hydroxyl groups excluding tert-OH is 1. The Morgan fingerprint density at radius 3 is 2.31 bits per heavy atom. The summed E-state index contributed by atoms with van der Waals surface area (Å²) < 4.78 is 0. The summed E-state index contributed by atoms with van der Waals surface area (Å²) in [5, 5.41) is 22.6. The smallest absolute Gasteiger partial charge is 0.315 e. The maximum atomic E-state index is 11.4. The Balaban J connectivity index is 4.07. The molecule has 0 saturated heterocycles. The second-order valence-corrected chi connectivity index (χ2v) is 4.25. The van der Waals surface area contributed by atoms with E-state index < -0.39 is 17.5 Å². The van der Waals surface area contributed by atoms with Crippen LogP contribution in [0, 0.1) is 5.92 Å². The third-order valence-corrected chi connectivity index (χ3v) is 2.63. The number of hydrogen-bond donors (Lipinski definition) is 4. The summed E-state index contributed by atoms with van der Waals surface area (Å²) in [6, 6.07) is -0.466. The van der Waals surface area contributed by atoms with E-state index in [0.717, 1.165) is 0 Å². The van der Waals surface area contributed by atoms with Crippen molar-refractivity contribution in [3.8, 4) is 0 Å². The second kappa shape index (κ2) is 6.32. The van der Waals surface area contributed by atoms with Crippen LogP contribution in [0.15, 0.2) is 0 Å². The predicted octanol–water partition coefficient (Wildman–Crippen LogP) is 0.167. The molecule has 0 rings (SSSR count). The first-order valence-corrected chi connectivity index (χ1v) is 5.20. The van der Waals surface area contributed by atoms with Crippen molar-refractivity contribution < 1.29 is 19.8 Å². The molecule has 0 radical (unpaired) electrons. The lowest BCUT2D eigenvalue weighted by Crippen LogP contribution is -2.55. The van der Waals surface area contributed by atoms with Crippen molar-refractivity contribution in [2.24, 2.45) is 5.92 Å². The first kappa shape index (κ1) is 14.7. The largest absolute Gasteiger partial charge is 0.481 e. The molecule has 0 aliphatic rings. The molecular formula is C10H20N2O4. The van der Waals surface area contributed by atoms with Crippen LogP contribution in [0.25, 0.3) is 0 Å². The Morgan fingerprint density at radius 1 is 1.38 bits per heavy atom. The molecule has 0 aliphatic carbocycles. The first-order chi connectivity index (χ1) is 7.31. The van der Waals surface area contributed by atoms with Crippen LogP contribution in [0.2, 0.25) is 0 Å². The predicted molar refractivity (Wildman–Crippen MR) is 59.1 cm³/mol. The number of hydrogen-bond acceptors (Lipinski definition) is 3. The maximum Gasteiger partial charge on any atom is 0.315 e. The van der Waals surface area contributed by atoms with E-state index in [-0.39, 0.29) is 25.5 Å². The summed E-state index contributed by atoms with van der Waals surface area (Å²) >= 11 is 0. The molecule has 0 aromatic carbocycles. The van der Waals surface area contributed by atoms with Gasteiger partial charge in [0.15, 0.2) is 0 Å². The van der Waals surface area contributed by atoms with E-state index in [4.69, 9.17) is 5.11 Å². The molecule has 0 saturated carbocycles. The van der Waals surface area contributed by atoms with Gasteiger partial charge in [0.2, 0.25) is 0 Å². The Morgan fingerprint density at radius 2 is 1.94 bits per heavy atom. The van der Waals surface area contributed by atoms with Crippen LogP contribution in [0.3, 0.4) is 0 Å². The standard InChI is InChI=1S/C10H20N2O4/c1-7(2)10(3,6-13)12-9(16)11-5-4-8(14)15/h7,13H,4-6H2,1-3H3,(H,14,15)(H2,11,12,16). The van der Waals surface area contributed by atoms with Crippen LogP contribution in [0.1, 0.15) is 27.2 Å². The summed E-state index contributed by atoms with van der Waals surface area (Å²) in [6.45, 7) is 5.40. The highest BCUT2D eigenvalue weighted by Gasteiger charge is 2.29. The fourth-order valence-corrected chi connectivity index (χ4v) is 0.953. The number of carbonyl (C=O) groups excluding carboxylic acids is 1. The summed E-state index contributed by atoms with van der Waals surface area (Å²) in [4.78, 5) is 21.6. The third-order valence-electron chi connectivity index (χ3n) is 2.63. The van der Waals surface area contributed by atoms with Crippen molar-refractivity contribution in [2.75, 3.05) is 13.2 Å². The molecule has 0 heterocycles. The van der Waals surface area contributed by atoms with Gasteiger partial charge in [-0.2, -0.15) is 0 Å². The molecule has 0 aromatic rings. The summed E-state index contributed by atoms with van der Waals surface area (Å²) in [5.41, 5.74) is -0.701. The van der Waals surface area contributed by atoms with Gasteiger partial charge >= 0.3 is 12.0 Å². The number of urea groups is 1. The maximum absolute atomic E-state index is 11.4. The molecule has 6 nitrogen and oxygen atoms in total. The highest BCUT2D eigenvalue weighted by molar-refractivity contribution is 5.75. The van der Waals surface area contributed by atoms with Crippen molar-refractivity contribution >= 4 is 12.0 Å². The van der Waals surface area contributed by atoms with Crippen LogP contribution in [0.5, 0.6) is 0 Å². The van der Waals surface area contributed by atoms with Gasteiger partial charge in [-0.15, -0.1) is 0 Å². The van der Waals surface area contributed by atoms with Crippen LogP contribution in [-0.2, 0) is 4.79 Å². The molecule has 16 heavy (non-hydrogen) atoms. The van der Waals surface area contributed by atoms with Gasteiger partial charge in [0.05, 0.1) is 18.6 Å². The highest BCUT2D eigenvalue weighted by atomic mass is 16.4. The molecule has 1 atom stereocenters. The van der Waals surface area contributed by atoms with Gasteiger partial charge in [-0.25, -0.2) is 4.79 Å². The van der Waals surface area contributed by atoms with Gasteiger partial charge in [-0.3, -0.25) is 4.79 Å². The summed E-state index contributed by atoms with van der Waals surface area (Å²) in [5.74, 6) is -0.892. The van der Waals surface area contributed by atoms with Crippen LogP contribution in [0.4, 0.5) is 4.79 Å². The molecule has 0 fully saturated rings. The number of amides is 2. The van der Waals surface area contributed by atoms with Crippen molar-refractivity contribution in [2.45, 2.75) is 32.7 Å². The van der Waals surface area contributed by atoms with E-state index in [9.17, 15) is 14.7 Å². The molecule has 0 bridgehead atoms. The number of carboxylic acid groups (broad SMARTS) is 1. The van der Waals surface area contributed by atoms with E-state index in [1.807, 2.05) is 13.8 Å². The van der Waals surface area contributed by atoms with E-state index in [0.29, 0.717) is 0 Å². The van der Waals surface area contributed by atoms with Crippen LogP contribution < -0.4 is 10.6 Å². The Labute approximate surface area is 95.0 Å². The SMILES string of the molecule is CC(C)C(C)(CO)NC(=O)NCCC(=O)O. The Kier molecular flexibility index (Phi) is 5.81. The number of nitrogens with one attached hydrogen (secondary N) is 2. The number of aliphatic hydroxyl groups is 1. The minimum absolute atomic E-state index is 0.0702. The third kappa shape index (κ3) is 4.97. The van der Waals surface area contributed by atoms with E-state index >= 15 is 0 Å². The zero-order chi connectivity index (χ0) is 12.8. The van der Waals surface area contributed by atoms with E-state index in [1.165, 1.54) is 0 Å². The molecular weight excluding hydrogens is 212 g/mol. The van der Waals surface area contributed by atoms with Crippen molar-refractivity contribution in [3.05, 3.63) is 0 Å². The van der Waals surface area contributed by atoms with Gasteiger partial charge in [0, 0.05) is 6.54 Å². The average Bonchev–Trinajstić information content (AvgIpc) is 2.16. The van der Waals surface area contributed by atoms with Crippen molar-refractivity contribution in [1.29, 1.82) is 0 Å².